The Morgan fingerprint density at radius 2 is 2.33 bits per heavy atom. The van der Waals surface area contributed by atoms with Gasteiger partial charge in [0.15, 0.2) is 5.16 Å². The van der Waals surface area contributed by atoms with Gasteiger partial charge in [0.05, 0.1) is 12.4 Å². The average molecular weight is 273 g/mol. The predicted octanol–water partition coefficient (Wildman–Crippen LogP) is 1.52. The Bertz CT molecular complexity index is 368. The van der Waals surface area contributed by atoms with Gasteiger partial charge in [-0.15, -0.1) is 10.2 Å². The molecule has 0 amide bonds. The molecule has 0 spiro atoms. The van der Waals surface area contributed by atoms with E-state index in [1.807, 2.05) is 4.57 Å². The van der Waals surface area contributed by atoms with Crippen LogP contribution >= 0.6 is 11.8 Å². The second kappa shape index (κ2) is 8.10. The van der Waals surface area contributed by atoms with Gasteiger partial charge in [0.25, 0.3) is 0 Å². The van der Waals surface area contributed by atoms with Crippen LogP contribution in [0.25, 0.3) is 0 Å². The molecule has 0 saturated carbocycles. The van der Waals surface area contributed by atoms with Crippen LogP contribution in [0.2, 0.25) is 0 Å². The van der Waals surface area contributed by atoms with Crippen molar-refractivity contribution in [2.75, 3.05) is 19.0 Å². The number of hydrogen-bond acceptors (Lipinski definition) is 5. The molecule has 0 aliphatic carbocycles. The summed E-state index contributed by atoms with van der Waals surface area (Å²) in [5.41, 5.74) is 0. The lowest BCUT2D eigenvalue weighted by atomic mass is 10.1. The zero-order chi connectivity index (χ0) is 13.4. The van der Waals surface area contributed by atoms with E-state index in [-0.39, 0.29) is 5.75 Å². The molecule has 6 nitrogen and oxygen atoms in total. The summed E-state index contributed by atoms with van der Waals surface area (Å²) < 4.78 is 7.30. The van der Waals surface area contributed by atoms with Crippen molar-refractivity contribution in [3.8, 4) is 0 Å². The standard InChI is InChI=1S/C11H19N3O3S/c1-9(2)3-5-17-6-4-14-8-12-13-11(14)18-7-10(15)16/h8-9H,3-7H2,1-2H3,(H,15,16). The predicted molar refractivity (Wildman–Crippen MR) is 68.7 cm³/mol. The number of rotatable bonds is 9. The molecular weight excluding hydrogens is 254 g/mol. The van der Waals surface area contributed by atoms with Gasteiger partial charge in [0, 0.05) is 13.2 Å². The maximum Gasteiger partial charge on any atom is 0.313 e. The van der Waals surface area contributed by atoms with Crippen LogP contribution in [0.15, 0.2) is 11.5 Å². The van der Waals surface area contributed by atoms with Gasteiger partial charge >= 0.3 is 5.97 Å². The van der Waals surface area contributed by atoms with Crippen molar-refractivity contribution in [2.24, 2.45) is 5.92 Å². The molecule has 1 aromatic heterocycles. The first kappa shape index (κ1) is 15.0. The van der Waals surface area contributed by atoms with Crippen molar-refractivity contribution >= 4 is 17.7 Å². The minimum Gasteiger partial charge on any atom is -0.481 e. The Hall–Kier alpha value is -1.08. The molecule has 0 bridgehead atoms. The highest BCUT2D eigenvalue weighted by atomic mass is 32.2. The fraction of sp³-hybridized carbons (Fsp3) is 0.727. The number of aliphatic carboxylic acids is 1. The fourth-order valence-electron chi connectivity index (χ4n) is 1.22. The highest BCUT2D eigenvalue weighted by molar-refractivity contribution is 7.99. The smallest absolute Gasteiger partial charge is 0.313 e. The van der Waals surface area contributed by atoms with Crippen LogP contribution in [-0.4, -0.2) is 44.8 Å². The van der Waals surface area contributed by atoms with Crippen LogP contribution in [0.5, 0.6) is 0 Å². The fourth-order valence-corrected chi connectivity index (χ4v) is 1.88. The Morgan fingerprint density at radius 1 is 1.56 bits per heavy atom. The Labute approximate surface area is 111 Å². The molecule has 0 aliphatic heterocycles. The van der Waals surface area contributed by atoms with E-state index in [0.717, 1.165) is 24.8 Å². The molecule has 1 heterocycles. The van der Waals surface area contributed by atoms with E-state index in [2.05, 4.69) is 24.0 Å². The number of hydrogen-bond donors (Lipinski definition) is 1. The lowest BCUT2D eigenvalue weighted by Gasteiger charge is -2.08. The zero-order valence-corrected chi connectivity index (χ0v) is 11.5. The Morgan fingerprint density at radius 3 is 3.00 bits per heavy atom. The van der Waals surface area contributed by atoms with Crippen molar-refractivity contribution < 1.29 is 14.6 Å². The summed E-state index contributed by atoms with van der Waals surface area (Å²) in [6.07, 6.45) is 2.64. The number of nitrogens with zero attached hydrogens (tertiary/aromatic N) is 3. The summed E-state index contributed by atoms with van der Waals surface area (Å²) in [6, 6.07) is 0. The molecule has 0 fully saturated rings. The Balaban J connectivity index is 2.25. The van der Waals surface area contributed by atoms with E-state index < -0.39 is 5.97 Å². The van der Waals surface area contributed by atoms with Gasteiger partial charge in [-0.3, -0.25) is 4.79 Å². The minimum absolute atomic E-state index is 0.00704. The second-order valence-corrected chi connectivity index (χ2v) is 5.23. The van der Waals surface area contributed by atoms with Crippen LogP contribution in [0.3, 0.4) is 0 Å². The molecule has 0 radical (unpaired) electrons. The van der Waals surface area contributed by atoms with Gasteiger partial charge in [-0.25, -0.2) is 0 Å². The van der Waals surface area contributed by atoms with Gasteiger partial charge in [0.1, 0.15) is 6.33 Å². The maximum atomic E-state index is 10.5. The quantitative estimate of drug-likeness (QED) is 0.543. The SMILES string of the molecule is CC(C)CCOCCn1cnnc1SCC(=O)O. The summed E-state index contributed by atoms with van der Waals surface area (Å²) in [5.74, 6) is -0.225. The first-order chi connectivity index (χ1) is 8.59. The summed E-state index contributed by atoms with van der Waals surface area (Å²) in [4.78, 5) is 10.5. The summed E-state index contributed by atoms with van der Waals surface area (Å²) in [7, 11) is 0. The van der Waals surface area contributed by atoms with E-state index in [1.165, 1.54) is 0 Å². The van der Waals surface area contributed by atoms with E-state index in [0.29, 0.717) is 24.2 Å². The number of carboxylic acid groups (broad SMARTS) is 1. The average Bonchev–Trinajstić information content (AvgIpc) is 2.73. The van der Waals surface area contributed by atoms with E-state index in [9.17, 15) is 4.79 Å². The molecule has 0 aliphatic rings. The van der Waals surface area contributed by atoms with Gasteiger partial charge in [0.2, 0.25) is 0 Å². The first-order valence-electron chi connectivity index (χ1n) is 5.89. The third kappa shape index (κ3) is 6.02. The van der Waals surface area contributed by atoms with Crippen molar-refractivity contribution in [3.63, 3.8) is 0 Å². The van der Waals surface area contributed by atoms with Crippen molar-refractivity contribution in [3.05, 3.63) is 6.33 Å². The summed E-state index contributed by atoms with van der Waals surface area (Å²) in [5, 5.41) is 16.9. The van der Waals surface area contributed by atoms with Gasteiger partial charge in [-0.05, 0) is 12.3 Å². The van der Waals surface area contributed by atoms with E-state index in [1.54, 1.807) is 6.33 Å². The molecular formula is C11H19N3O3S. The molecule has 1 aromatic rings. The molecule has 18 heavy (non-hydrogen) atoms. The van der Waals surface area contributed by atoms with Gasteiger partial charge in [-0.2, -0.15) is 0 Å². The molecule has 0 unspecified atom stereocenters. The summed E-state index contributed by atoms with van der Waals surface area (Å²) in [6.45, 7) is 6.30. The molecule has 102 valence electrons. The number of thioether (sulfide) groups is 1. The van der Waals surface area contributed by atoms with Gasteiger partial charge < -0.3 is 14.4 Å². The van der Waals surface area contributed by atoms with E-state index >= 15 is 0 Å². The van der Waals surface area contributed by atoms with Crippen molar-refractivity contribution in [1.82, 2.24) is 14.8 Å². The van der Waals surface area contributed by atoms with Crippen molar-refractivity contribution in [2.45, 2.75) is 32.0 Å². The largest absolute Gasteiger partial charge is 0.481 e. The third-order valence-electron chi connectivity index (χ3n) is 2.22. The Kier molecular flexibility index (Phi) is 6.74. The molecule has 0 saturated heterocycles. The maximum absolute atomic E-state index is 10.5. The molecule has 0 aromatic carbocycles. The van der Waals surface area contributed by atoms with Gasteiger partial charge in [-0.1, -0.05) is 25.6 Å². The second-order valence-electron chi connectivity index (χ2n) is 4.28. The monoisotopic (exact) mass is 273 g/mol. The summed E-state index contributed by atoms with van der Waals surface area (Å²) >= 11 is 1.16. The number of carbonyl (C=O) groups is 1. The molecule has 1 N–H and O–H groups in total. The first-order valence-corrected chi connectivity index (χ1v) is 6.88. The molecule has 1 rings (SSSR count). The third-order valence-corrected chi connectivity index (χ3v) is 3.19. The lowest BCUT2D eigenvalue weighted by molar-refractivity contribution is -0.133. The number of carboxylic acids is 1. The van der Waals surface area contributed by atoms with Crippen LogP contribution in [-0.2, 0) is 16.1 Å². The highest BCUT2D eigenvalue weighted by Crippen LogP contribution is 2.13. The molecule has 0 atom stereocenters. The number of aromatic nitrogens is 3. The van der Waals surface area contributed by atoms with Crippen LogP contribution in [0, 0.1) is 5.92 Å². The molecule has 7 heteroatoms. The van der Waals surface area contributed by atoms with Crippen LogP contribution in [0.4, 0.5) is 0 Å². The zero-order valence-electron chi connectivity index (χ0n) is 10.7. The minimum atomic E-state index is -0.859. The highest BCUT2D eigenvalue weighted by Gasteiger charge is 2.07. The van der Waals surface area contributed by atoms with E-state index in [4.69, 9.17) is 9.84 Å². The lowest BCUT2D eigenvalue weighted by Crippen LogP contribution is -2.09. The normalized spacial score (nSPS) is 11.1. The van der Waals surface area contributed by atoms with Crippen LogP contribution in [0.1, 0.15) is 20.3 Å². The van der Waals surface area contributed by atoms with Crippen molar-refractivity contribution in [1.29, 1.82) is 0 Å². The van der Waals surface area contributed by atoms with Crippen LogP contribution < -0.4 is 0 Å². The number of ether oxygens (including phenoxy) is 1. The topological polar surface area (TPSA) is 77.2 Å².